The van der Waals surface area contributed by atoms with Crippen molar-refractivity contribution in [2.75, 3.05) is 0 Å². The number of hydrogen-bond donors (Lipinski definition) is 2. The van der Waals surface area contributed by atoms with E-state index in [0.29, 0.717) is 24.0 Å². The molecule has 0 unspecified atom stereocenters. The molecule has 1 aromatic carbocycles. The van der Waals surface area contributed by atoms with Crippen LogP contribution in [-0.4, -0.2) is 16.7 Å². The molecule has 0 amide bonds. The molecule has 1 aliphatic rings. The Morgan fingerprint density at radius 3 is 2.44 bits per heavy atom. The van der Waals surface area contributed by atoms with E-state index in [1.165, 1.54) is 6.07 Å². The molecule has 0 fully saturated rings. The predicted molar refractivity (Wildman–Crippen MR) is 61.1 cm³/mol. The number of benzene rings is 1. The zero-order valence-corrected chi connectivity index (χ0v) is 10.6. The van der Waals surface area contributed by atoms with Gasteiger partial charge in [0.25, 0.3) is 6.47 Å². The van der Waals surface area contributed by atoms with Gasteiger partial charge in [0.2, 0.25) is 0 Å². The SMILES string of the molecule is O=CO.O[C@H]1CCc2c1ccc(C(F)(F)F)c2Br. The average Bonchev–Trinajstić information content (AvgIpc) is 2.61. The molecule has 7 heteroatoms. The molecular weight excluding hydrogens is 317 g/mol. The third kappa shape index (κ3) is 3.02. The van der Waals surface area contributed by atoms with Crippen LogP contribution in [0.5, 0.6) is 0 Å². The highest BCUT2D eigenvalue weighted by atomic mass is 79.9. The fourth-order valence-electron chi connectivity index (χ4n) is 1.86. The summed E-state index contributed by atoms with van der Waals surface area (Å²) in [6.45, 7) is -0.250. The summed E-state index contributed by atoms with van der Waals surface area (Å²) in [5.41, 5.74) is 0.516. The summed E-state index contributed by atoms with van der Waals surface area (Å²) in [6.07, 6.45) is -3.99. The minimum Gasteiger partial charge on any atom is -0.483 e. The molecule has 0 radical (unpaired) electrons. The van der Waals surface area contributed by atoms with Gasteiger partial charge >= 0.3 is 6.18 Å². The Kier molecular flexibility index (Phi) is 4.75. The van der Waals surface area contributed by atoms with E-state index in [4.69, 9.17) is 9.90 Å². The van der Waals surface area contributed by atoms with Crippen molar-refractivity contribution in [1.29, 1.82) is 0 Å². The van der Waals surface area contributed by atoms with Crippen molar-refractivity contribution in [1.82, 2.24) is 0 Å². The summed E-state index contributed by atoms with van der Waals surface area (Å²) in [6, 6.07) is 2.37. The summed E-state index contributed by atoms with van der Waals surface area (Å²) >= 11 is 2.96. The minimum atomic E-state index is -4.35. The van der Waals surface area contributed by atoms with Gasteiger partial charge < -0.3 is 10.2 Å². The first-order valence-corrected chi connectivity index (χ1v) is 5.76. The Morgan fingerprint density at radius 2 is 1.94 bits per heavy atom. The Morgan fingerprint density at radius 1 is 1.39 bits per heavy atom. The summed E-state index contributed by atoms with van der Waals surface area (Å²) in [7, 11) is 0. The van der Waals surface area contributed by atoms with Crippen LogP contribution in [-0.2, 0) is 17.4 Å². The van der Waals surface area contributed by atoms with Crippen molar-refractivity contribution in [3.8, 4) is 0 Å². The van der Waals surface area contributed by atoms with E-state index >= 15 is 0 Å². The fraction of sp³-hybridized carbons (Fsp3) is 0.364. The van der Waals surface area contributed by atoms with Crippen LogP contribution in [0, 0.1) is 0 Å². The summed E-state index contributed by atoms with van der Waals surface area (Å²) in [4.78, 5) is 8.36. The van der Waals surface area contributed by atoms with Crippen LogP contribution >= 0.6 is 15.9 Å². The Bertz CT molecular complexity index is 446. The van der Waals surface area contributed by atoms with Gasteiger partial charge in [-0.2, -0.15) is 13.2 Å². The molecule has 2 rings (SSSR count). The number of hydrogen-bond acceptors (Lipinski definition) is 2. The van der Waals surface area contributed by atoms with E-state index < -0.39 is 17.8 Å². The van der Waals surface area contributed by atoms with Crippen LogP contribution in [0.15, 0.2) is 16.6 Å². The van der Waals surface area contributed by atoms with Gasteiger partial charge in [-0.15, -0.1) is 0 Å². The van der Waals surface area contributed by atoms with Gasteiger partial charge in [0.1, 0.15) is 0 Å². The maximum atomic E-state index is 12.5. The smallest absolute Gasteiger partial charge is 0.417 e. The average molecular weight is 327 g/mol. The number of fused-ring (bicyclic) bond motifs is 1. The van der Waals surface area contributed by atoms with Crippen LogP contribution in [0.3, 0.4) is 0 Å². The van der Waals surface area contributed by atoms with Crippen molar-refractivity contribution in [3.63, 3.8) is 0 Å². The first-order valence-electron chi connectivity index (χ1n) is 4.97. The quantitative estimate of drug-likeness (QED) is 0.720. The molecule has 0 aliphatic heterocycles. The molecule has 100 valence electrons. The molecule has 0 saturated carbocycles. The number of aliphatic hydroxyl groups excluding tert-OH is 1. The number of carboxylic acid groups (broad SMARTS) is 1. The maximum Gasteiger partial charge on any atom is 0.417 e. The molecule has 2 N–H and O–H groups in total. The van der Waals surface area contributed by atoms with E-state index in [2.05, 4.69) is 15.9 Å². The van der Waals surface area contributed by atoms with E-state index in [1.807, 2.05) is 0 Å². The molecular formula is C11H10BrF3O3. The highest BCUT2D eigenvalue weighted by molar-refractivity contribution is 9.10. The van der Waals surface area contributed by atoms with E-state index in [0.717, 1.165) is 6.07 Å². The van der Waals surface area contributed by atoms with Gasteiger partial charge in [-0.1, -0.05) is 6.07 Å². The minimum absolute atomic E-state index is 0.0732. The normalized spacial score (nSPS) is 17.7. The maximum absolute atomic E-state index is 12.5. The Hall–Kier alpha value is -1.08. The Labute approximate surface area is 109 Å². The molecule has 0 aromatic heterocycles. The van der Waals surface area contributed by atoms with Crippen LogP contribution in [0.25, 0.3) is 0 Å². The van der Waals surface area contributed by atoms with Crippen LogP contribution in [0.2, 0.25) is 0 Å². The zero-order chi connectivity index (χ0) is 13.9. The first kappa shape index (κ1) is 15.0. The number of rotatable bonds is 0. The molecule has 1 aliphatic carbocycles. The lowest BCUT2D eigenvalue weighted by molar-refractivity contribution is -0.138. The van der Waals surface area contributed by atoms with Gasteiger partial charge in [-0.25, -0.2) is 0 Å². The van der Waals surface area contributed by atoms with Gasteiger partial charge in [-0.05, 0) is 46.0 Å². The van der Waals surface area contributed by atoms with E-state index in [1.54, 1.807) is 0 Å². The second-order valence-corrected chi connectivity index (χ2v) is 4.45. The summed E-state index contributed by atoms with van der Waals surface area (Å²) in [5, 5.41) is 16.4. The van der Waals surface area contributed by atoms with Crippen molar-refractivity contribution >= 4 is 22.4 Å². The molecule has 0 bridgehead atoms. The van der Waals surface area contributed by atoms with Crippen molar-refractivity contribution in [2.45, 2.75) is 25.1 Å². The predicted octanol–water partition coefficient (Wildman–Crippen LogP) is 3.15. The molecule has 0 spiro atoms. The van der Waals surface area contributed by atoms with E-state index in [9.17, 15) is 18.3 Å². The van der Waals surface area contributed by atoms with Gasteiger partial charge in [0, 0.05) is 4.47 Å². The first-order chi connectivity index (χ1) is 8.32. The second-order valence-electron chi connectivity index (χ2n) is 3.65. The number of aliphatic hydroxyl groups is 1. The standard InChI is InChI=1S/C10H8BrF3O.CH2O2/c11-9-6-2-4-8(15)5(6)1-3-7(9)10(12,13)14;2-1-3/h1,3,8,15H,2,4H2;1H,(H,2,3)/t8-;/m0./s1. The lowest BCUT2D eigenvalue weighted by atomic mass is 10.1. The fourth-order valence-corrected chi connectivity index (χ4v) is 2.64. The number of halogens is 4. The lowest BCUT2D eigenvalue weighted by Crippen LogP contribution is -2.07. The third-order valence-electron chi connectivity index (χ3n) is 2.61. The topological polar surface area (TPSA) is 57.5 Å². The van der Waals surface area contributed by atoms with Crippen molar-refractivity contribution in [3.05, 3.63) is 33.3 Å². The van der Waals surface area contributed by atoms with Crippen LogP contribution in [0.1, 0.15) is 29.2 Å². The van der Waals surface area contributed by atoms with Gasteiger partial charge in [0.05, 0.1) is 11.7 Å². The number of carbonyl (C=O) groups is 1. The van der Waals surface area contributed by atoms with E-state index in [-0.39, 0.29) is 10.9 Å². The van der Waals surface area contributed by atoms with Crippen LogP contribution in [0.4, 0.5) is 13.2 Å². The molecule has 0 heterocycles. The van der Waals surface area contributed by atoms with Crippen LogP contribution < -0.4 is 0 Å². The molecule has 1 aromatic rings. The molecule has 3 nitrogen and oxygen atoms in total. The number of alkyl halides is 3. The van der Waals surface area contributed by atoms with Gasteiger partial charge in [0.15, 0.2) is 0 Å². The second kappa shape index (κ2) is 5.71. The summed E-state index contributed by atoms with van der Waals surface area (Å²) < 4.78 is 37.6. The van der Waals surface area contributed by atoms with Gasteiger partial charge in [-0.3, -0.25) is 4.79 Å². The highest BCUT2D eigenvalue weighted by Crippen LogP contribution is 2.42. The largest absolute Gasteiger partial charge is 0.483 e. The monoisotopic (exact) mass is 326 g/mol. The van der Waals surface area contributed by atoms with Crippen molar-refractivity contribution in [2.24, 2.45) is 0 Å². The third-order valence-corrected chi connectivity index (χ3v) is 3.52. The van der Waals surface area contributed by atoms with Crippen molar-refractivity contribution < 1.29 is 28.2 Å². The zero-order valence-electron chi connectivity index (χ0n) is 9.04. The summed E-state index contributed by atoms with van der Waals surface area (Å²) in [5.74, 6) is 0. The molecule has 0 saturated heterocycles. The molecule has 1 atom stereocenters. The lowest BCUT2D eigenvalue weighted by Gasteiger charge is -2.13. The molecule has 18 heavy (non-hydrogen) atoms. The Balaban J connectivity index is 0.000000492. The highest BCUT2D eigenvalue weighted by Gasteiger charge is 2.36.